The molecule has 0 aromatic carbocycles. The molecule has 26 nitrogen and oxygen atoms in total. The Bertz CT molecular complexity index is 1990. The van der Waals surface area contributed by atoms with Crippen molar-refractivity contribution in [1.82, 2.24) is 39.0 Å². The van der Waals surface area contributed by atoms with E-state index in [1.165, 1.54) is 10.9 Å². The molecule has 2 fully saturated rings. The van der Waals surface area contributed by atoms with E-state index in [1.807, 2.05) is 0 Å². The Kier molecular flexibility index (Phi) is 9.62. The lowest BCUT2D eigenvalue weighted by atomic mass is 10.1. The van der Waals surface area contributed by atoms with Crippen LogP contribution in [0.5, 0.6) is 0 Å². The zero-order valence-electron chi connectivity index (χ0n) is 24.1. The van der Waals surface area contributed by atoms with E-state index in [-0.39, 0.29) is 34.0 Å². The molecule has 0 radical (unpaired) electrons. The van der Waals surface area contributed by atoms with Gasteiger partial charge in [-0.2, -0.15) is 0 Å². The van der Waals surface area contributed by atoms with Gasteiger partial charge in [-0.3, -0.25) is 18.3 Å². The summed E-state index contributed by atoms with van der Waals surface area (Å²) < 4.78 is 67.0. The molecule has 0 bridgehead atoms. The second kappa shape index (κ2) is 13.2. The predicted molar refractivity (Wildman–Crippen MR) is 146 cm³/mol. The van der Waals surface area contributed by atoms with Crippen LogP contribution in [0.1, 0.15) is 12.5 Å². The molecule has 4 aromatic heterocycles. The van der Waals surface area contributed by atoms with Gasteiger partial charge in [0.2, 0.25) is 0 Å². The van der Waals surface area contributed by atoms with Crippen molar-refractivity contribution in [3.8, 4) is 0 Å². The summed E-state index contributed by atoms with van der Waals surface area (Å²) in [5, 5.41) is 31.6. The minimum absolute atomic E-state index is 0.00980. The zero-order valence-corrected chi connectivity index (χ0v) is 26.7. The second-order valence-electron chi connectivity index (χ2n) is 10.4. The largest absolute Gasteiger partial charge is 0.790 e. The number of anilines is 2. The summed E-state index contributed by atoms with van der Waals surface area (Å²) in [4.78, 5) is 71.0. The lowest BCUT2D eigenvalue weighted by Gasteiger charge is -2.34. The predicted octanol–water partition coefficient (Wildman–Crippen LogP) is -5.09. The lowest BCUT2D eigenvalue weighted by Crippen LogP contribution is -2.37. The molecule has 6 rings (SSSR count). The van der Waals surface area contributed by atoms with E-state index in [0.29, 0.717) is 0 Å². The highest BCUT2D eigenvalue weighted by Crippen LogP contribution is 2.56. The van der Waals surface area contributed by atoms with E-state index in [1.54, 1.807) is 0 Å². The number of aliphatic hydroxyl groups excluding tert-OH is 3. The van der Waals surface area contributed by atoms with Gasteiger partial charge in [0.25, 0.3) is 15.6 Å². The number of hydrogen-bond donors (Lipinski definition) is 5. The average Bonchev–Trinajstić information content (AvgIpc) is 3.77. The van der Waals surface area contributed by atoms with Gasteiger partial charge in [-0.25, -0.2) is 34.2 Å². The highest BCUT2D eigenvalue weighted by molar-refractivity contribution is 7.59. The highest BCUT2D eigenvalue weighted by Gasteiger charge is 2.48. The number of rotatable bonds is 12. The SMILES string of the molecule is Nc1ncnc2c1ncn2[C@@H]1O[C@H](COP(=O)([O-])OP(=O)([O-])OC[C@H]2O[C@@H](n3cnc4c(N)ncnc43)[C@H](OP(=O)([O-])[O-])[C@@H]2O)[C@@H](O)[C@H]1O. The summed E-state index contributed by atoms with van der Waals surface area (Å²) in [6.45, 7) is -2.25. The van der Waals surface area contributed by atoms with Crippen LogP contribution in [0, 0.1) is 0 Å². The van der Waals surface area contributed by atoms with Crippen molar-refractivity contribution in [3.05, 3.63) is 25.3 Å². The quantitative estimate of drug-likeness (QED) is 0.0845. The summed E-state index contributed by atoms with van der Waals surface area (Å²) in [5.41, 5.74) is 11.7. The van der Waals surface area contributed by atoms with Crippen LogP contribution in [0.2, 0.25) is 0 Å². The van der Waals surface area contributed by atoms with Crippen LogP contribution in [0.3, 0.4) is 0 Å². The summed E-state index contributed by atoms with van der Waals surface area (Å²) in [5.74, 6) is -0.0836. The maximum absolute atomic E-state index is 12.4. The number of nitrogens with two attached hydrogens (primary N) is 2. The third-order valence-electron chi connectivity index (χ3n) is 7.22. The van der Waals surface area contributed by atoms with Crippen LogP contribution in [0.15, 0.2) is 25.3 Å². The first-order valence-electron chi connectivity index (χ1n) is 13.5. The highest BCUT2D eigenvalue weighted by atomic mass is 31.3. The normalized spacial score (nSPS) is 30.2. The average molecular weight is 752 g/mol. The monoisotopic (exact) mass is 752 g/mol. The number of ether oxygens (including phenoxy) is 2. The topological polar surface area (TPSA) is 399 Å². The van der Waals surface area contributed by atoms with E-state index in [9.17, 15) is 48.6 Å². The maximum atomic E-state index is 12.4. The van der Waals surface area contributed by atoms with Crippen molar-refractivity contribution in [2.75, 3.05) is 24.7 Å². The van der Waals surface area contributed by atoms with Crippen molar-refractivity contribution in [2.45, 2.75) is 49.1 Å². The Balaban J connectivity index is 1.08. The van der Waals surface area contributed by atoms with Crippen molar-refractivity contribution in [1.29, 1.82) is 0 Å². The van der Waals surface area contributed by atoms with Gasteiger partial charge in [0.15, 0.2) is 35.4 Å². The van der Waals surface area contributed by atoms with E-state index in [4.69, 9.17) is 20.9 Å². The van der Waals surface area contributed by atoms with Crippen LogP contribution in [-0.2, 0) is 41.1 Å². The number of phosphoric ester groups is 3. The Hall–Kier alpha value is -3.13. The first-order valence-corrected chi connectivity index (χ1v) is 17.9. The van der Waals surface area contributed by atoms with E-state index < -0.39 is 85.8 Å². The van der Waals surface area contributed by atoms with Crippen molar-refractivity contribution in [3.63, 3.8) is 0 Å². The van der Waals surface area contributed by atoms with Crippen LogP contribution in [-0.4, -0.2) is 104 Å². The summed E-state index contributed by atoms with van der Waals surface area (Å²) >= 11 is 0. The zero-order chi connectivity index (χ0) is 35.5. The molecule has 268 valence electrons. The molecule has 0 amide bonds. The fourth-order valence-corrected chi connectivity index (χ4v) is 7.59. The first kappa shape index (κ1) is 35.7. The molecule has 2 unspecified atom stereocenters. The van der Waals surface area contributed by atoms with Crippen LogP contribution < -0.4 is 31.0 Å². The third-order valence-corrected chi connectivity index (χ3v) is 10.2. The van der Waals surface area contributed by atoms with E-state index >= 15 is 0 Å². The van der Waals surface area contributed by atoms with Gasteiger partial charge >= 0.3 is 0 Å². The molecule has 2 aliphatic heterocycles. The molecule has 49 heavy (non-hydrogen) atoms. The van der Waals surface area contributed by atoms with Crippen LogP contribution >= 0.6 is 23.5 Å². The van der Waals surface area contributed by atoms with E-state index in [0.717, 1.165) is 23.5 Å². The number of imidazole rings is 2. The number of nitrogens with zero attached hydrogens (tertiary/aromatic N) is 8. The number of aromatic nitrogens is 8. The Labute approximate surface area is 271 Å². The molecule has 0 aliphatic carbocycles. The van der Waals surface area contributed by atoms with Crippen LogP contribution in [0.4, 0.5) is 11.6 Å². The number of hydrogen-bond acceptors (Lipinski definition) is 24. The molecule has 0 saturated carbocycles. The van der Waals surface area contributed by atoms with Gasteiger partial charge in [-0.05, 0) is 0 Å². The smallest absolute Gasteiger partial charge is 0.274 e. The van der Waals surface area contributed by atoms with Gasteiger partial charge in [-0.15, -0.1) is 0 Å². The second-order valence-corrected chi connectivity index (χ2v) is 14.4. The standard InChI is InChI=1S/C20H27N10O16P3/c21-15-9-17(25-3-23-15)29(5-27-9)19-13(33)11(31)7(43-19)1-41-48(37,38)46-49(39,40)42-2-8-12(32)14(45-47(34,35)36)20(44-8)30-6-28-10-16(22)24-4-26-18(10)30/h3-8,11-14,19-20,31-33H,1-2H2,(H,37,38)(H,39,40)(H2,21,23,25)(H2,22,24,26)(H2,34,35,36)/p-4/t7-,8-,11-,12-,13-,14-,19-,20-/m1/s1. The minimum Gasteiger partial charge on any atom is -0.790 e. The Morgan fingerprint density at radius 3 is 1.69 bits per heavy atom. The fourth-order valence-electron chi connectivity index (χ4n) is 5.05. The third kappa shape index (κ3) is 7.36. The molecular formula is C20H23N10O16P3-4. The summed E-state index contributed by atoms with van der Waals surface area (Å²) in [7, 11) is -17.5. The molecule has 0 spiro atoms. The molecule has 2 saturated heterocycles. The first-order chi connectivity index (χ1) is 22.9. The molecule has 7 N–H and O–H groups in total. The Morgan fingerprint density at radius 2 is 1.18 bits per heavy atom. The lowest BCUT2D eigenvalue weighted by molar-refractivity contribution is -0.347. The summed E-state index contributed by atoms with van der Waals surface area (Å²) in [6, 6.07) is 0. The molecule has 6 heterocycles. The van der Waals surface area contributed by atoms with Gasteiger partial charge in [0.05, 0.1) is 33.7 Å². The van der Waals surface area contributed by atoms with Crippen molar-refractivity contribution < 1.29 is 75.9 Å². The maximum Gasteiger partial charge on any atom is 0.274 e. The number of phosphoric acid groups is 3. The number of nitrogen functional groups attached to an aromatic ring is 2. The molecule has 10 atom stereocenters. The fraction of sp³-hybridized carbons (Fsp3) is 0.500. The number of fused-ring (bicyclic) bond motifs is 2. The Morgan fingerprint density at radius 1 is 0.714 bits per heavy atom. The molecular weight excluding hydrogens is 729 g/mol. The van der Waals surface area contributed by atoms with Crippen LogP contribution in [0.25, 0.3) is 22.3 Å². The van der Waals surface area contributed by atoms with E-state index in [2.05, 4.69) is 47.8 Å². The van der Waals surface area contributed by atoms with Crippen molar-refractivity contribution >= 4 is 57.4 Å². The van der Waals surface area contributed by atoms with Crippen molar-refractivity contribution in [2.24, 2.45) is 0 Å². The van der Waals surface area contributed by atoms with Gasteiger partial charge < -0.3 is 74.0 Å². The minimum atomic E-state index is -5.86. The number of aliphatic hydroxyl groups is 3. The van der Waals surface area contributed by atoms with Gasteiger partial charge in [-0.1, -0.05) is 0 Å². The van der Waals surface area contributed by atoms with Gasteiger partial charge in [0, 0.05) is 0 Å². The molecule has 4 aromatic rings. The molecule has 2 aliphatic rings. The summed E-state index contributed by atoms with van der Waals surface area (Å²) in [6.07, 6.45) is -9.51. The molecule has 29 heteroatoms. The van der Waals surface area contributed by atoms with Gasteiger partial charge in [0.1, 0.15) is 60.3 Å².